The van der Waals surface area contributed by atoms with E-state index in [0.29, 0.717) is 31.0 Å². The number of fused-ring (bicyclic) bond motifs is 4. The highest BCUT2D eigenvalue weighted by Crippen LogP contribution is 2.44. The number of nitrogens with one attached hydrogen (secondary N) is 1. The maximum atomic E-state index is 14.1. The fraction of sp³-hybridized carbons (Fsp3) is 0.238. The van der Waals surface area contributed by atoms with Crippen LogP contribution in [0.3, 0.4) is 0 Å². The Labute approximate surface area is 173 Å². The largest absolute Gasteiger partial charge is 0.372 e. The van der Waals surface area contributed by atoms with Crippen molar-refractivity contribution in [3.8, 4) is 5.69 Å². The summed E-state index contributed by atoms with van der Waals surface area (Å²) in [5.41, 5.74) is 2.63. The van der Waals surface area contributed by atoms with E-state index in [-0.39, 0.29) is 10.4 Å². The minimum atomic E-state index is -3.87. The zero-order valence-corrected chi connectivity index (χ0v) is 17.0. The third-order valence-corrected chi connectivity index (χ3v) is 8.03. The Bertz CT molecular complexity index is 1200. The maximum Gasteiger partial charge on any atom is 0.245 e. The van der Waals surface area contributed by atoms with Crippen molar-refractivity contribution >= 4 is 27.3 Å². The lowest BCUT2D eigenvalue weighted by molar-refractivity contribution is 0.247. The van der Waals surface area contributed by atoms with E-state index in [1.807, 2.05) is 30.5 Å². The predicted octanol–water partition coefficient (Wildman–Crippen LogP) is 4.38. The van der Waals surface area contributed by atoms with Crippen LogP contribution in [-0.2, 0) is 15.6 Å². The van der Waals surface area contributed by atoms with Crippen LogP contribution in [0.2, 0.25) is 5.02 Å². The van der Waals surface area contributed by atoms with Crippen LogP contribution in [0.15, 0.2) is 65.7 Å². The Morgan fingerprint density at radius 2 is 1.79 bits per heavy atom. The second-order valence-corrected chi connectivity index (χ2v) is 9.81. The van der Waals surface area contributed by atoms with E-state index in [4.69, 9.17) is 11.6 Å². The number of anilines is 1. The first-order chi connectivity index (χ1) is 13.9. The van der Waals surface area contributed by atoms with Gasteiger partial charge in [-0.25, -0.2) is 12.8 Å². The Balaban J connectivity index is 1.46. The molecule has 0 aliphatic carbocycles. The smallest absolute Gasteiger partial charge is 0.245 e. The molecule has 2 aliphatic rings. The predicted molar refractivity (Wildman–Crippen MR) is 110 cm³/mol. The first kappa shape index (κ1) is 18.7. The normalized spacial score (nSPS) is 18.1. The fourth-order valence-electron chi connectivity index (χ4n) is 4.40. The van der Waals surface area contributed by atoms with Crippen LogP contribution in [0.5, 0.6) is 0 Å². The second-order valence-electron chi connectivity index (χ2n) is 7.47. The average molecular weight is 432 g/mol. The summed E-state index contributed by atoms with van der Waals surface area (Å²) in [6, 6.07) is 15.3. The molecule has 5 rings (SSSR count). The van der Waals surface area contributed by atoms with Crippen molar-refractivity contribution in [2.75, 3.05) is 18.4 Å². The summed E-state index contributed by atoms with van der Waals surface area (Å²) in [7, 11) is -3.87. The van der Waals surface area contributed by atoms with E-state index in [1.54, 1.807) is 6.07 Å². The maximum absolute atomic E-state index is 14.1. The van der Waals surface area contributed by atoms with Crippen molar-refractivity contribution in [3.05, 3.63) is 77.3 Å². The molecule has 3 aromatic rings. The number of halogens is 2. The number of piperidine rings is 1. The molecule has 29 heavy (non-hydrogen) atoms. The third kappa shape index (κ3) is 2.87. The minimum Gasteiger partial charge on any atom is -0.372 e. The fourth-order valence-corrected chi connectivity index (χ4v) is 6.07. The van der Waals surface area contributed by atoms with Gasteiger partial charge in [0.15, 0.2) is 0 Å². The number of benzene rings is 2. The molecule has 0 saturated carbocycles. The van der Waals surface area contributed by atoms with Gasteiger partial charge in [0.1, 0.15) is 10.7 Å². The molecule has 0 unspecified atom stereocenters. The van der Waals surface area contributed by atoms with Gasteiger partial charge < -0.3 is 9.88 Å². The first-order valence-corrected chi connectivity index (χ1v) is 11.2. The van der Waals surface area contributed by atoms with Crippen LogP contribution in [0, 0.1) is 5.82 Å². The van der Waals surface area contributed by atoms with Gasteiger partial charge in [-0.15, -0.1) is 0 Å². The summed E-state index contributed by atoms with van der Waals surface area (Å²) in [5, 5.41) is 4.29. The zero-order chi connectivity index (χ0) is 20.2. The topological polar surface area (TPSA) is 54.3 Å². The summed E-state index contributed by atoms with van der Waals surface area (Å²) in [6.07, 6.45) is 3.15. The number of hydrogen-bond acceptors (Lipinski definition) is 3. The summed E-state index contributed by atoms with van der Waals surface area (Å²) >= 11 is 6.18. The number of nitrogens with zero attached hydrogens (tertiary/aromatic N) is 2. The minimum absolute atomic E-state index is 0.268. The molecule has 1 spiro atoms. The molecule has 0 atom stereocenters. The van der Waals surface area contributed by atoms with Crippen molar-refractivity contribution in [3.63, 3.8) is 0 Å². The number of sulfonamides is 1. The van der Waals surface area contributed by atoms with Crippen LogP contribution in [-0.4, -0.2) is 30.4 Å². The zero-order valence-electron chi connectivity index (χ0n) is 15.5. The van der Waals surface area contributed by atoms with Crippen molar-refractivity contribution in [2.24, 2.45) is 0 Å². The molecule has 1 aromatic heterocycles. The van der Waals surface area contributed by atoms with Gasteiger partial charge in [0, 0.05) is 30.0 Å². The first-order valence-electron chi connectivity index (χ1n) is 9.41. The number of aromatic nitrogens is 1. The van der Waals surface area contributed by atoms with Crippen LogP contribution in [0.1, 0.15) is 18.5 Å². The molecule has 0 bridgehead atoms. The molecule has 0 radical (unpaired) electrons. The van der Waals surface area contributed by atoms with E-state index in [0.717, 1.165) is 17.1 Å². The molecule has 3 heterocycles. The summed E-state index contributed by atoms with van der Waals surface area (Å²) < 4.78 is 43.5. The van der Waals surface area contributed by atoms with Crippen LogP contribution in [0.25, 0.3) is 5.69 Å². The van der Waals surface area contributed by atoms with Gasteiger partial charge in [0.2, 0.25) is 10.0 Å². The Morgan fingerprint density at radius 3 is 2.55 bits per heavy atom. The van der Waals surface area contributed by atoms with E-state index in [9.17, 15) is 12.8 Å². The SMILES string of the molecule is O=S(=O)(c1ccccc1F)N1CCC2(CC1)Nc1ccc(Cl)cc1-n1cccc12. The van der Waals surface area contributed by atoms with Gasteiger partial charge in [-0.05, 0) is 55.3 Å². The highest BCUT2D eigenvalue weighted by atomic mass is 35.5. The van der Waals surface area contributed by atoms with E-state index < -0.39 is 15.8 Å². The van der Waals surface area contributed by atoms with Crippen LogP contribution < -0.4 is 5.32 Å². The molecule has 8 heteroatoms. The van der Waals surface area contributed by atoms with Crippen molar-refractivity contribution in [1.82, 2.24) is 8.87 Å². The van der Waals surface area contributed by atoms with Gasteiger partial charge in [-0.2, -0.15) is 4.31 Å². The molecule has 1 saturated heterocycles. The highest BCUT2D eigenvalue weighted by molar-refractivity contribution is 7.89. The molecular formula is C21H19ClFN3O2S. The van der Waals surface area contributed by atoms with E-state index >= 15 is 0 Å². The monoisotopic (exact) mass is 431 g/mol. The van der Waals surface area contributed by atoms with Gasteiger partial charge in [-0.1, -0.05) is 23.7 Å². The molecular weight excluding hydrogens is 413 g/mol. The molecule has 5 nitrogen and oxygen atoms in total. The van der Waals surface area contributed by atoms with Gasteiger partial charge in [0.05, 0.1) is 16.9 Å². The summed E-state index contributed by atoms with van der Waals surface area (Å²) in [4.78, 5) is -0.268. The molecule has 1 N–H and O–H groups in total. The number of hydrogen-bond donors (Lipinski definition) is 1. The van der Waals surface area contributed by atoms with Crippen LogP contribution in [0.4, 0.5) is 10.1 Å². The quantitative estimate of drug-likeness (QED) is 0.655. The lowest BCUT2D eigenvalue weighted by Gasteiger charge is -2.45. The number of rotatable bonds is 2. The third-order valence-electron chi connectivity index (χ3n) is 5.86. The van der Waals surface area contributed by atoms with Crippen LogP contribution >= 0.6 is 11.6 Å². The highest BCUT2D eigenvalue weighted by Gasteiger charge is 2.44. The van der Waals surface area contributed by atoms with Crippen molar-refractivity contribution in [2.45, 2.75) is 23.3 Å². The van der Waals surface area contributed by atoms with E-state index in [2.05, 4.69) is 16.0 Å². The van der Waals surface area contributed by atoms with Gasteiger partial charge in [-0.3, -0.25) is 0 Å². The Morgan fingerprint density at radius 1 is 1.03 bits per heavy atom. The summed E-state index contributed by atoms with van der Waals surface area (Å²) in [5.74, 6) is -0.719. The molecule has 2 aliphatic heterocycles. The van der Waals surface area contributed by atoms with Gasteiger partial charge >= 0.3 is 0 Å². The Kier molecular flexibility index (Phi) is 4.24. The lowest BCUT2D eigenvalue weighted by atomic mass is 9.83. The molecule has 150 valence electrons. The molecule has 1 fully saturated rings. The van der Waals surface area contributed by atoms with Crippen molar-refractivity contribution in [1.29, 1.82) is 0 Å². The lowest BCUT2D eigenvalue weighted by Crippen LogP contribution is -2.51. The Hall–Kier alpha value is -2.35. The summed E-state index contributed by atoms with van der Waals surface area (Å²) in [6.45, 7) is 0.607. The molecule has 2 aromatic carbocycles. The van der Waals surface area contributed by atoms with E-state index in [1.165, 1.54) is 22.5 Å². The van der Waals surface area contributed by atoms with Gasteiger partial charge in [0.25, 0.3) is 0 Å². The average Bonchev–Trinajstić information content (AvgIpc) is 3.21. The standard InChI is InChI=1S/C21H19ClFN3O2S/c22-15-7-8-17-18(14-15)26-11-3-6-20(26)21(24-17)9-12-25(13-10-21)29(27,28)19-5-2-1-4-16(19)23/h1-8,11,14,24H,9-10,12-13H2. The van der Waals surface area contributed by atoms with Crippen molar-refractivity contribution < 1.29 is 12.8 Å². The second kappa shape index (κ2) is 6.58. The molecule has 0 amide bonds.